The van der Waals surface area contributed by atoms with Crippen molar-refractivity contribution in [2.24, 2.45) is 0 Å². The quantitative estimate of drug-likeness (QED) is 0.657. The lowest BCUT2D eigenvalue weighted by molar-refractivity contribution is -0.168. The smallest absolute Gasteiger partial charge is 0.330 e. The first-order valence-electron chi connectivity index (χ1n) is 7.93. The van der Waals surface area contributed by atoms with Crippen LogP contribution in [0.1, 0.15) is 16.3 Å². The van der Waals surface area contributed by atoms with Gasteiger partial charge in [0.2, 0.25) is 0 Å². The maximum atomic E-state index is 12.8. The van der Waals surface area contributed by atoms with Gasteiger partial charge in [-0.25, -0.2) is 18.6 Å². The number of hydrogen-bond acceptors (Lipinski definition) is 4. The number of urea groups is 1. The van der Waals surface area contributed by atoms with Gasteiger partial charge in [0, 0.05) is 23.8 Å². The Morgan fingerprint density at radius 3 is 2.78 bits per heavy atom. The number of thiazole rings is 1. The number of carbonyl (C=O) groups is 1. The Hall–Kier alpha value is -2.20. The number of amides is 2. The zero-order valence-electron chi connectivity index (χ0n) is 14.7. The van der Waals surface area contributed by atoms with Crippen LogP contribution < -0.4 is 5.32 Å². The molecule has 0 fully saturated rings. The highest BCUT2D eigenvalue weighted by Gasteiger charge is 2.40. The van der Waals surface area contributed by atoms with Crippen molar-refractivity contribution in [3.8, 4) is 0 Å². The first-order chi connectivity index (χ1) is 12.7. The molecule has 2 amide bonds. The molecule has 1 aromatic carbocycles. The van der Waals surface area contributed by atoms with E-state index in [2.05, 4.69) is 15.0 Å². The van der Waals surface area contributed by atoms with Crippen LogP contribution in [-0.2, 0) is 17.9 Å². The summed E-state index contributed by atoms with van der Waals surface area (Å²) in [6, 6.07) is 5.96. The number of rotatable bonds is 8. The molecule has 2 aromatic rings. The molecule has 148 valence electrons. The number of benzene rings is 1. The summed E-state index contributed by atoms with van der Waals surface area (Å²) in [5.74, 6) is -4.19. The first kappa shape index (κ1) is 21.1. The predicted octanol–water partition coefficient (Wildman–Crippen LogP) is 4.53. The van der Waals surface area contributed by atoms with Crippen molar-refractivity contribution in [1.29, 1.82) is 0 Å². The molecule has 0 aliphatic heterocycles. The second-order valence-corrected chi connectivity index (χ2v) is 6.87. The van der Waals surface area contributed by atoms with Gasteiger partial charge in [-0.3, -0.25) is 0 Å². The minimum atomic E-state index is -4.19. The van der Waals surface area contributed by atoms with Crippen LogP contribution in [0.2, 0.25) is 0 Å². The average Bonchev–Trinajstić information content (AvgIpc) is 2.99. The molecule has 1 heterocycles. The summed E-state index contributed by atoms with van der Waals surface area (Å²) in [7, 11) is 1.62. The minimum Gasteiger partial charge on any atom is -0.370 e. The topological polar surface area (TPSA) is 54.5 Å². The summed E-state index contributed by atoms with van der Waals surface area (Å²) in [5, 5.41) is 5.36. The van der Waals surface area contributed by atoms with E-state index >= 15 is 0 Å². The number of anilines is 1. The van der Waals surface area contributed by atoms with Gasteiger partial charge >= 0.3 is 18.4 Å². The highest BCUT2D eigenvalue weighted by atomic mass is 32.1. The number of nitrogens with one attached hydrogen (secondary N) is 1. The van der Waals surface area contributed by atoms with Crippen molar-refractivity contribution in [3.05, 3.63) is 45.9 Å². The van der Waals surface area contributed by atoms with Crippen LogP contribution in [-0.4, -0.2) is 41.9 Å². The summed E-state index contributed by atoms with van der Waals surface area (Å²) < 4.78 is 54.5. The van der Waals surface area contributed by atoms with E-state index in [0.717, 1.165) is 10.7 Å². The van der Waals surface area contributed by atoms with E-state index in [9.17, 15) is 22.4 Å². The Morgan fingerprint density at radius 2 is 2.15 bits per heavy atom. The minimum absolute atomic E-state index is 0.278. The summed E-state index contributed by atoms with van der Waals surface area (Å²) in [6.45, 7) is 0.554. The maximum Gasteiger partial charge on any atom is 0.330 e. The van der Waals surface area contributed by atoms with E-state index in [1.54, 1.807) is 25.2 Å². The number of halogens is 4. The number of aromatic nitrogens is 1. The Balaban J connectivity index is 1.88. The molecule has 1 N–H and O–H groups in total. The highest BCUT2D eigenvalue weighted by Crippen LogP contribution is 2.23. The number of ether oxygens (including phenoxy) is 1. The van der Waals surface area contributed by atoms with Crippen LogP contribution in [0.25, 0.3) is 0 Å². The molecule has 1 aromatic heterocycles. The normalized spacial score (nSPS) is 11.7. The zero-order chi connectivity index (χ0) is 20.0. The van der Waals surface area contributed by atoms with Crippen LogP contribution in [0.3, 0.4) is 0 Å². The fourth-order valence-corrected chi connectivity index (χ4v) is 2.90. The van der Waals surface area contributed by atoms with Gasteiger partial charge in [-0.1, -0.05) is 12.1 Å². The van der Waals surface area contributed by atoms with Gasteiger partial charge in [-0.2, -0.15) is 8.78 Å². The molecule has 2 rings (SSSR count). The SMILES string of the molecule is Cc1csc(CN(C)C(=O)Nc2cccc(COCC(F)(F)C(F)F)c2)n1. The molecule has 0 atom stereocenters. The van der Waals surface area contributed by atoms with Crippen molar-refractivity contribution in [3.63, 3.8) is 0 Å². The van der Waals surface area contributed by atoms with Gasteiger partial charge in [0.05, 0.1) is 13.2 Å². The Bertz CT molecular complexity index is 770. The molecule has 0 aliphatic rings. The zero-order valence-corrected chi connectivity index (χ0v) is 15.5. The summed E-state index contributed by atoms with van der Waals surface area (Å²) >= 11 is 1.45. The van der Waals surface area contributed by atoms with Gasteiger partial charge in [-0.05, 0) is 24.6 Å². The fourth-order valence-electron chi connectivity index (χ4n) is 2.08. The van der Waals surface area contributed by atoms with Crippen molar-refractivity contribution in [2.45, 2.75) is 32.4 Å². The molecule has 0 bridgehead atoms. The number of aryl methyl sites for hydroxylation is 1. The van der Waals surface area contributed by atoms with Crippen LogP contribution in [0.4, 0.5) is 28.0 Å². The van der Waals surface area contributed by atoms with Crippen molar-refractivity contribution in [2.75, 3.05) is 19.0 Å². The largest absolute Gasteiger partial charge is 0.370 e. The molecule has 5 nitrogen and oxygen atoms in total. The van der Waals surface area contributed by atoms with E-state index in [4.69, 9.17) is 0 Å². The van der Waals surface area contributed by atoms with Gasteiger partial charge < -0.3 is 15.0 Å². The molecule has 0 aliphatic carbocycles. The molecule has 10 heteroatoms. The molecular formula is C17H19F4N3O2S. The van der Waals surface area contributed by atoms with Gasteiger partial charge in [0.15, 0.2) is 0 Å². The summed E-state index contributed by atoms with van der Waals surface area (Å²) in [4.78, 5) is 18.0. The summed E-state index contributed by atoms with van der Waals surface area (Å²) in [5.41, 5.74) is 1.79. The fraction of sp³-hybridized carbons (Fsp3) is 0.412. The molecule has 0 unspecified atom stereocenters. The van der Waals surface area contributed by atoms with E-state index in [-0.39, 0.29) is 12.6 Å². The van der Waals surface area contributed by atoms with E-state index in [1.807, 2.05) is 12.3 Å². The van der Waals surface area contributed by atoms with E-state index in [1.165, 1.54) is 22.3 Å². The number of hydrogen-bond donors (Lipinski definition) is 1. The van der Waals surface area contributed by atoms with Crippen molar-refractivity contribution >= 4 is 23.1 Å². The Morgan fingerprint density at radius 1 is 1.41 bits per heavy atom. The number of alkyl halides is 4. The van der Waals surface area contributed by atoms with Gasteiger partial charge in [-0.15, -0.1) is 11.3 Å². The third-order valence-corrected chi connectivity index (χ3v) is 4.40. The van der Waals surface area contributed by atoms with Gasteiger partial charge in [0.25, 0.3) is 0 Å². The van der Waals surface area contributed by atoms with Crippen LogP contribution in [0.5, 0.6) is 0 Å². The third kappa shape index (κ3) is 6.47. The van der Waals surface area contributed by atoms with E-state index < -0.39 is 19.0 Å². The summed E-state index contributed by atoms with van der Waals surface area (Å²) in [6.07, 6.45) is -3.78. The standard InChI is InChI=1S/C17H19F4N3O2S/c1-11-9-27-14(22-11)7-24(2)16(25)23-13-5-3-4-12(6-13)8-26-10-17(20,21)15(18)19/h3-6,9,15H,7-8,10H2,1-2H3,(H,23,25). The number of nitrogens with zero attached hydrogens (tertiary/aromatic N) is 2. The third-order valence-electron chi connectivity index (χ3n) is 3.45. The molecule has 0 spiro atoms. The molecule has 0 saturated heterocycles. The molecule has 0 radical (unpaired) electrons. The average molecular weight is 405 g/mol. The Labute approximate surface area is 158 Å². The van der Waals surface area contributed by atoms with Crippen LogP contribution in [0.15, 0.2) is 29.6 Å². The molecule has 27 heavy (non-hydrogen) atoms. The van der Waals surface area contributed by atoms with Gasteiger partial charge in [0.1, 0.15) is 11.6 Å². The Kier molecular flexibility index (Phi) is 7.14. The lowest BCUT2D eigenvalue weighted by atomic mass is 10.2. The number of carbonyl (C=O) groups excluding carboxylic acids is 1. The lowest BCUT2D eigenvalue weighted by Crippen LogP contribution is -2.32. The lowest BCUT2D eigenvalue weighted by Gasteiger charge is -2.17. The van der Waals surface area contributed by atoms with Crippen LogP contribution in [0, 0.1) is 6.92 Å². The van der Waals surface area contributed by atoms with Crippen molar-refractivity contribution < 1.29 is 27.1 Å². The van der Waals surface area contributed by atoms with Crippen LogP contribution >= 0.6 is 11.3 Å². The highest BCUT2D eigenvalue weighted by molar-refractivity contribution is 7.09. The van der Waals surface area contributed by atoms with Crippen molar-refractivity contribution in [1.82, 2.24) is 9.88 Å². The second-order valence-electron chi connectivity index (χ2n) is 5.92. The predicted molar refractivity (Wildman–Crippen MR) is 94.4 cm³/mol. The molecular weight excluding hydrogens is 386 g/mol. The maximum absolute atomic E-state index is 12.8. The first-order valence-corrected chi connectivity index (χ1v) is 8.81. The molecule has 0 saturated carbocycles. The monoisotopic (exact) mass is 405 g/mol. The second kappa shape index (κ2) is 9.14. The van der Waals surface area contributed by atoms with E-state index in [0.29, 0.717) is 17.8 Å².